The topological polar surface area (TPSA) is 59.2 Å². The molecular weight excluding hydrogens is 253 g/mol. The Labute approximate surface area is 108 Å². The highest BCUT2D eigenvalue weighted by Crippen LogP contribution is 2.14. The van der Waals surface area contributed by atoms with Crippen LogP contribution in [-0.4, -0.2) is 22.8 Å². The van der Waals surface area contributed by atoms with Crippen molar-refractivity contribution in [3.8, 4) is 0 Å². The fourth-order valence-corrected chi connectivity index (χ4v) is 2.14. The molecule has 1 aromatic heterocycles. The molecule has 0 saturated heterocycles. The average Bonchev–Trinajstić information content (AvgIpc) is 2.79. The first-order valence-corrected chi connectivity index (χ1v) is 6.19. The molecule has 6 heteroatoms. The van der Waals surface area contributed by atoms with E-state index in [1.807, 2.05) is 5.38 Å². The summed E-state index contributed by atoms with van der Waals surface area (Å²) in [6.45, 7) is 0.388. The molecule has 0 spiro atoms. The van der Waals surface area contributed by atoms with Gasteiger partial charge < -0.3 is 10.6 Å². The molecule has 18 heavy (non-hydrogen) atoms. The van der Waals surface area contributed by atoms with Gasteiger partial charge in [-0.15, -0.1) is 11.3 Å². The fourth-order valence-electron chi connectivity index (χ4n) is 1.59. The van der Waals surface area contributed by atoms with Gasteiger partial charge in [-0.1, -0.05) is 0 Å². The molecule has 2 N–H and O–H groups in total. The summed E-state index contributed by atoms with van der Waals surface area (Å²) in [7, 11) is 1.64. The van der Waals surface area contributed by atoms with Gasteiger partial charge in [0.05, 0.1) is 17.7 Å². The van der Waals surface area contributed by atoms with Crippen LogP contribution in [0.1, 0.15) is 16.1 Å². The van der Waals surface area contributed by atoms with Crippen molar-refractivity contribution in [2.24, 2.45) is 0 Å². The van der Waals surface area contributed by atoms with Crippen LogP contribution in [0.4, 0.5) is 10.1 Å². The normalized spacial score (nSPS) is 10.3. The molecule has 1 aromatic carbocycles. The van der Waals surface area contributed by atoms with Gasteiger partial charge in [-0.3, -0.25) is 4.79 Å². The molecule has 2 aromatic rings. The largest absolute Gasteiger partial charge is 0.399 e. The Kier molecular flexibility index (Phi) is 3.57. The summed E-state index contributed by atoms with van der Waals surface area (Å²) in [6.07, 6.45) is 0. The zero-order valence-electron chi connectivity index (χ0n) is 9.76. The number of thiazole rings is 1. The van der Waals surface area contributed by atoms with Crippen LogP contribution in [0.2, 0.25) is 0 Å². The summed E-state index contributed by atoms with van der Waals surface area (Å²) in [5, 5.41) is 1.86. The predicted molar refractivity (Wildman–Crippen MR) is 68.7 cm³/mol. The molecule has 0 bridgehead atoms. The van der Waals surface area contributed by atoms with Crippen LogP contribution in [0.15, 0.2) is 29.1 Å². The molecule has 1 heterocycles. The average molecular weight is 265 g/mol. The number of amides is 1. The van der Waals surface area contributed by atoms with E-state index >= 15 is 0 Å². The van der Waals surface area contributed by atoms with Crippen LogP contribution in [0.5, 0.6) is 0 Å². The lowest BCUT2D eigenvalue weighted by atomic mass is 10.1. The minimum atomic E-state index is -0.514. The van der Waals surface area contributed by atoms with Crippen LogP contribution >= 0.6 is 11.3 Å². The molecule has 0 aliphatic carbocycles. The molecule has 0 unspecified atom stereocenters. The van der Waals surface area contributed by atoms with Crippen molar-refractivity contribution in [1.29, 1.82) is 0 Å². The van der Waals surface area contributed by atoms with E-state index in [1.54, 1.807) is 12.6 Å². The third kappa shape index (κ3) is 2.84. The number of nitrogens with two attached hydrogens (primary N) is 1. The minimum absolute atomic E-state index is 0.236. The van der Waals surface area contributed by atoms with Crippen molar-refractivity contribution in [2.45, 2.75) is 6.54 Å². The van der Waals surface area contributed by atoms with E-state index in [9.17, 15) is 9.18 Å². The van der Waals surface area contributed by atoms with Gasteiger partial charge in [0, 0.05) is 23.7 Å². The van der Waals surface area contributed by atoms with Crippen molar-refractivity contribution in [2.75, 3.05) is 12.8 Å². The Morgan fingerprint density at radius 2 is 2.28 bits per heavy atom. The molecule has 1 amide bonds. The van der Waals surface area contributed by atoms with E-state index in [0.717, 1.165) is 5.69 Å². The third-order valence-electron chi connectivity index (χ3n) is 2.40. The van der Waals surface area contributed by atoms with E-state index in [-0.39, 0.29) is 17.2 Å². The number of aromatic nitrogens is 1. The summed E-state index contributed by atoms with van der Waals surface area (Å²) >= 11 is 1.46. The summed E-state index contributed by atoms with van der Waals surface area (Å²) < 4.78 is 13.2. The smallest absolute Gasteiger partial charge is 0.254 e. The maximum Gasteiger partial charge on any atom is 0.254 e. The number of carbonyl (C=O) groups excluding carboxylic acids is 1. The Balaban J connectivity index is 2.15. The van der Waals surface area contributed by atoms with Gasteiger partial charge >= 0.3 is 0 Å². The van der Waals surface area contributed by atoms with E-state index in [0.29, 0.717) is 6.54 Å². The molecule has 4 nitrogen and oxygen atoms in total. The molecule has 0 aliphatic heterocycles. The zero-order chi connectivity index (χ0) is 13.1. The van der Waals surface area contributed by atoms with Crippen molar-refractivity contribution in [1.82, 2.24) is 9.88 Å². The highest BCUT2D eigenvalue weighted by Gasteiger charge is 2.14. The van der Waals surface area contributed by atoms with Crippen molar-refractivity contribution < 1.29 is 9.18 Å². The van der Waals surface area contributed by atoms with Gasteiger partial charge in [-0.25, -0.2) is 9.37 Å². The van der Waals surface area contributed by atoms with Crippen LogP contribution in [-0.2, 0) is 6.54 Å². The van der Waals surface area contributed by atoms with Crippen LogP contribution in [0, 0.1) is 5.82 Å². The molecule has 0 saturated carbocycles. The van der Waals surface area contributed by atoms with Gasteiger partial charge in [0.15, 0.2) is 0 Å². The first-order valence-electron chi connectivity index (χ1n) is 5.25. The first-order chi connectivity index (χ1) is 8.56. The predicted octanol–water partition coefficient (Wildman–Crippen LogP) is 2.14. The molecule has 94 valence electrons. The van der Waals surface area contributed by atoms with Gasteiger partial charge in [0.25, 0.3) is 5.91 Å². The Hall–Kier alpha value is -1.95. The Bertz CT molecular complexity index is 536. The lowest BCUT2D eigenvalue weighted by Crippen LogP contribution is -2.26. The van der Waals surface area contributed by atoms with Crippen molar-refractivity contribution in [3.63, 3.8) is 0 Å². The Morgan fingerprint density at radius 3 is 2.89 bits per heavy atom. The number of benzene rings is 1. The lowest BCUT2D eigenvalue weighted by Gasteiger charge is -2.16. The van der Waals surface area contributed by atoms with Crippen molar-refractivity contribution in [3.05, 3.63) is 46.2 Å². The maximum absolute atomic E-state index is 13.2. The highest BCUT2D eigenvalue weighted by molar-refractivity contribution is 7.07. The zero-order valence-corrected chi connectivity index (χ0v) is 10.6. The number of nitrogens with zero attached hydrogens (tertiary/aromatic N) is 2. The highest BCUT2D eigenvalue weighted by atomic mass is 32.1. The molecule has 0 aliphatic rings. The third-order valence-corrected chi connectivity index (χ3v) is 3.03. The SMILES string of the molecule is CN(Cc1cscn1)C(=O)c1cc(N)cc(F)c1. The standard InChI is InChI=1S/C12H12FN3OS/c1-16(5-11-6-18-7-15-11)12(17)8-2-9(13)4-10(14)3-8/h2-4,6-7H,5,14H2,1H3. The molecular formula is C12H12FN3OS. The van der Waals surface area contributed by atoms with Gasteiger partial charge in [0.2, 0.25) is 0 Å². The molecule has 2 rings (SSSR count). The van der Waals surface area contributed by atoms with E-state index < -0.39 is 5.82 Å². The second-order valence-corrected chi connectivity index (χ2v) is 4.63. The summed E-state index contributed by atoms with van der Waals surface area (Å²) in [5.41, 5.74) is 8.50. The number of carbonyl (C=O) groups is 1. The van der Waals surface area contributed by atoms with Crippen LogP contribution in [0.25, 0.3) is 0 Å². The summed E-state index contributed by atoms with van der Waals surface area (Å²) in [5.74, 6) is -0.797. The first kappa shape index (κ1) is 12.5. The number of nitrogen functional groups attached to an aromatic ring is 1. The van der Waals surface area contributed by atoms with E-state index in [4.69, 9.17) is 5.73 Å². The van der Waals surface area contributed by atoms with Gasteiger partial charge in [0.1, 0.15) is 5.82 Å². The van der Waals surface area contributed by atoms with E-state index in [1.165, 1.54) is 34.4 Å². The number of anilines is 1. The Morgan fingerprint density at radius 1 is 1.50 bits per heavy atom. The van der Waals surface area contributed by atoms with Crippen molar-refractivity contribution >= 4 is 22.9 Å². The number of hydrogen-bond donors (Lipinski definition) is 1. The van der Waals surface area contributed by atoms with Gasteiger partial charge in [-0.05, 0) is 18.2 Å². The number of rotatable bonds is 3. The molecule has 0 radical (unpaired) electrons. The number of hydrogen-bond acceptors (Lipinski definition) is 4. The quantitative estimate of drug-likeness (QED) is 0.865. The monoisotopic (exact) mass is 265 g/mol. The van der Waals surface area contributed by atoms with Crippen LogP contribution in [0.3, 0.4) is 0 Å². The fraction of sp³-hybridized carbons (Fsp3) is 0.167. The van der Waals surface area contributed by atoms with Crippen LogP contribution < -0.4 is 5.73 Å². The minimum Gasteiger partial charge on any atom is -0.399 e. The summed E-state index contributed by atoms with van der Waals surface area (Å²) in [6, 6.07) is 3.82. The van der Waals surface area contributed by atoms with E-state index in [2.05, 4.69) is 4.98 Å². The maximum atomic E-state index is 13.2. The summed E-state index contributed by atoms with van der Waals surface area (Å²) in [4.78, 5) is 17.6. The number of halogens is 1. The van der Waals surface area contributed by atoms with Gasteiger partial charge in [-0.2, -0.15) is 0 Å². The molecule has 0 atom stereocenters. The second kappa shape index (κ2) is 5.14. The molecule has 0 fully saturated rings. The lowest BCUT2D eigenvalue weighted by molar-refractivity contribution is 0.0783. The second-order valence-electron chi connectivity index (χ2n) is 3.91.